The zero-order valence-electron chi connectivity index (χ0n) is 8.76. The van der Waals surface area contributed by atoms with E-state index in [2.05, 4.69) is 4.98 Å². The first-order valence-electron chi connectivity index (χ1n) is 5.13. The van der Waals surface area contributed by atoms with Gasteiger partial charge in [0.2, 0.25) is 0 Å². The summed E-state index contributed by atoms with van der Waals surface area (Å²) in [6.45, 7) is 0.738. The zero-order valence-corrected chi connectivity index (χ0v) is 8.76. The molecule has 1 aromatic heterocycles. The van der Waals surface area contributed by atoms with E-state index in [1.807, 2.05) is 11.9 Å². The van der Waals surface area contributed by atoms with Crippen molar-refractivity contribution >= 4 is 6.01 Å². The Morgan fingerprint density at radius 3 is 2.87 bits per heavy atom. The van der Waals surface area contributed by atoms with Gasteiger partial charge in [-0.15, -0.1) is 0 Å². The van der Waals surface area contributed by atoms with Crippen LogP contribution in [0.3, 0.4) is 0 Å². The van der Waals surface area contributed by atoms with E-state index in [9.17, 15) is 0 Å². The monoisotopic (exact) mass is 212 g/mol. The normalized spacial score (nSPS) is 25.0. The largest absolute Gasteiger partial charge is 0.432 e. The van der Waals surface area contributed by atoms with E-state index in [4.69, 9.17) is 14.6 Å². The average Bonchev–Trinajstić information content (AvgIpc) is 2.63. The molecule has 0 amide bonds. The zero-order chi connectivity index (χ0) is 10.8. The Bertz CT molecular complexity index is 320. The van der Waals surface area contributed by atoms with E-state index < -0.39 is 0 Å². The van der Waals surface area contributed by atoms with Crippen LogP contribution in [0.15, 0.2) is 10.7 Å². The van der Waals surface area contributed by atoms with Gasteiger partial charge in [-0.1, -0.05) is 0 Å². The average molecular weight is 212 g/mol. The van der Waals surface area contributed by atoms with Gasteiger partial charge in [0.1, 0.15) is 12.0 Å². The quantitative estimate of drug-likeness (QED) is 0.754. The summed E-state index contributed by atoms with van der Waals surface area (Å²) in [7, 11) is 1.90. The lowest BCUT2D eigenvalue weighted by atomic mass is 9.82. The molecule has 0 saturated heterocycles. The molecule has 0 atom stereocenters. The Kier molecular flexibility index (Phi) is 2.93. The number of nitrogens with zero attached hydrogens (tertiary/aromatic N) is 2. The second kappa shape index (κ2) is 4.20. The number of aromatic nitrogens is 1. The predicted molar refractivity (Wildman–Crippen MR) is 54.4 cm³/mol. The molecule has 1 aliphatic carbocycles. The van der Waals surface area contributed by atoms with Gasteiger partial charge in [-0.2, -0.15) is 4.98 Å². The van der Waals surface area contributed by atoms with E-state index in [-0.39, 0.29) is 12.7 Å². The minimum atomic E-state index is -0.124. The Labute approximate surface area is 88.3 Å². The molecule has 0 spiro atoms. The molecular weight excluding hydrogens is 196 g/mol. The third kappa shape index (κ3) is 2.30. The fourth-order valence-electron chi connectivity index (χ4n) is 1.86. The molecule has 1 aromatic rings. The molecular formula is C10H16N2O3. The molecule has 0 unspecified atom stereocenters. The highest BCUT2D eigenvalue weighted by atomic mass is 16.4. The molecule has 15 heavy (non-hydrogen) atoms. The van der Waals surface area contributed by atoms with Crippen LogP contribution in [0.5, 0.6) is 0 Å². The summed E-state index contributed by atoms with van der Waals surface area (Å²) in [6.07, 6.45) is 3.05. The molecule has 2 N–H and O–H groups in total. The van der Waals surface area contributed by atoms with Gasteiger partial charge >= 0.3 is 0 Å². The molecule has 84 valence electrons. The van der Waals surface area contributed by atoms with Crippen LogP contribution >= 0.6 is 0 Å². The molecule has 1 aliphatic rings. The van der Waals surface area contributed by atoms with Gasteiger partial charge in [0.25, 0.3) is 6.01 Å². The van der Waals surface area contributed by atoms with Gasteiger partial charge in [0.05, 0.1) is 12.7 Å². The van der Waals surface area contributed by atoms with Gasteiger partial charge in [0, 0.05) is 13.6 Å². The Morgan fingerprint density at radius 1 is 1.60 bits per heavy atom. The van der Waals surface area contributed by atoms with Crippen LogP contribution in [0.2, 0.25) is 0 Å². The number of anilines is 1. The number of aliphatic hydroxyl groups excluding tert-OH is 2. The highest BCUT2D eigenvalue weighted by Crippen LogP contribution is 2.28. The van der Waals surface area contributed by atoms with E-state index >= 15 is 0 Å². The van der Waals surface area contributed by atoms with Crippen molar-refractivity contribution in [1.29, 1.82) is 0 Å². The minimum Gasteiger partial charge on any atom is -0.432 e. The van der Waals surface area contributed by atoms with Crippen LogP contribution in [-0.2, 0) is 6.61 Å². The number of hydrogen-bond acceptors (Lipinski definition) is 5. The topological polar surface area (TPSA) is 69.7 Å². The van der Waals surface area contributed by atoms with Gasteiger partial charge in [0.15, 0.2) is 0 Å². The lowest BCUT2D eigenvalue weighted by Crippen LogP contribution is -2.37. The Hall–Kier alpha value is -1.07. The van der Waals surface area contributed by atoms with E-state index in [0.29, 0.717) is 17.6 Å². The predicted octanol–water partition coefficient (Wildman–Crippen LogP) is 0.374. The molecule has 1 fully saturated rings. The van der Waals surface area contributed by atoms with Crippen molar-refractivity contribution in [3.05, 3.63) is 12.0 Å². The maximum absolute atomic E-state index is 9.15. The van der Waals surface area contributed by atoms with Crippen LogP contribution in [0.4, 0.5) is 6.01 Å². The number of rotatable bonds is 4. The number of hydrogen-bond donors (Lipinski definition) is 2. The van der Waals surface area contributed by atoms with E-state index in [1.165, 1.54) is 6.26 Å². The summed E-state index contributed by atoms with van der Waals surface area (Å²) >= 11 is 0. The van der Waals surface area contributed by atoms with Crippen LogP contribution in [0.1, 0.15) is 18.5 Å². The van der Waals surface area contributed by atoms with Gasteiger partial charge in [-0.05, 0) is 18.8 Å². The maximum atomic E-state index is 9.15. The summed E-state index contributed by atoms with van der Waals surface area (Å²) in [6, 6.07) is 0.528. The van der Waals surface area contributed by atoms with Crippen LogP contribution in [-0.4, -0.2) is 34.9 Å². The van der Waals surface area contributed by atoms with Crippen LogP contribution in [0, 0.1) is 5.92 Å². The third-order valence-electron chi connectivity index (χ3n) is 2.77. The van der Waals surface area contributed by atoms with Crippen molar-refractivity contribution in [1.82, 2.24) is 4.98 Å². The fourth-order valence-corrected chi connectivity index (χ4v) is 1.86. The summed E-state index contributed by atoms with van der Waals surface area (Å²) in [5.74, 6) is 0.523. The first-order valence-corrected chi connectivity index (χ1v) is 5.13. The second-order valence-electron chi connectivity index (χ2n) is 4.15. The molecule has 0 bridgehead atoms. The standard InChI is InChI=1S/C10H16N2O3/c1-12(4-7-2-9(14)3-7)10-11-8(5-13)6-15-10/h6-7,9,13-14H,2-5H2,1H3. The van der Waals surface area contributed by atoms with Crippen LogP contribution in [0.25, 0.3) is 0 Å². The SMILES string of the molecule is CN(CC1CC(O)C1)c1nc(CO)co1. The highest BCUT2D eigenvalue weighted by Gasteiger charge is 2.28. The summed E-state index contributed by atoms with van der Waals surface area (Å²) in [5.41, 5.74) is 0.547. The van der Waals surface area contributed by atoms with Crippen LogP contribution < -0.4 is 4.90 Å². The molecule has 0 radical (unpaired) electrons. The summed E-state index contributed by atoms with van der Waals surface area (Å²) < 4.78 is 5.21. The molecule has 2 rings (SSSR count). The maximum Gasteiger partial charge on any atom is 0.297 e. The molecule has 0 aliphatic heterocycles. The molecule has 0 aromatic carbocycles. The van der Waals surface area contributed by atoms with Gasteiger partial charge < -0.3 is 19.5 Å². The molecule has 1 saturated carbocycles. The van der Waals surface area contributed by atoms with Crippen molar-refractivity contribution in [2.75, 3.05) is 18.5 Å². The minimum absolute atomic E-state index is 0.0977. The fraction of sp³-hybridized carbons (Fsp3) is 0.700. The van der Waals surface area contributed by atoms with Gasteiger partial charge in [-0.3, -0.25) is 0 Å². The van der Waals surface area contributed by atoms with E-state index in [0.717, 1.165) is 19.4 Å². The lowest BCUT2D eigenvalue weighted by molar-refractivity contribution is 0.0461. The number of oxazole rings is 1. The Balaban J connectivity index is 1.87. The lowest BCUT2D eigenvalue weighted by Gasteiger charge is -2.33. The smallest absolute Gasteiger partial charge is 0.297 e. The van der Waals surface area contributed by atoms with Crippen molar-refractivity contribution in [2.24, 2.45) is 5.92 Å². The van der Waals surface area contributed by atoms with Crippen molar-refractivity contribution in [3.63, 3.8) is 0 Å². The van der Waals surface area contributed by atoms with Gasteiger partial charge in [-0.25, -0.2) is 0 Å². The Morgan fingerprint density at radius 2 is 2.33 bits per heavy atom. The summed E-state index contributed by atoms with van der Waals surface area (Å²) in [5, 5.41) is 18.0. The first kappa shape index (κ1) is 10.4. The second-order valence-corrected chi connectivity index (χ2v) is 4.15. The highest BCUT2D eigenvalue weighted by molar-refractivity contribution is 5.25. The number of aliphatic hydroxyl groups is 2. The molecule has 5 heteroatoms. The molecule has 1 heterocycles. The molecule has 5 nitrogen and oxygen atoms in total. The summed E-state index contributed by atoms with van der Waals surface area (Å²) in [4.78, 5) is 6.02. The third-order valence-corrected chi connectivity index (χ3v) is 2.77. The van der Waals surface area contributed by atoms with E-state index in [1.54, 1.807) is 0 Å². The van der Waals surface area contributed by atoms with Crippen molar-refractivity contribution < 1.29 is 14.6 Å². The van der Waals surface area contributed by atoms with Crippen molar-refractivity contribution in [3.8, 4) is 0 Å². The van der Waals surface area contributed by atoms with Crippen molar-refractivity contribution in [2.45, 2.75) is 25.6 Å². The first-order chi connectivity index (χ1) is 7.19.